The molecule has 0 amide bonds. The van der Waals surface area contributed by atoms with E-state index >= 15 is 0 Å². The van der Waals surface area contributed by atoms with Crippen molar-refractivity contribution in [3.8, 4) is 27.1 Å². The second kappa shape index (κ2) is 6.16. The number of H-pyrrole nitrogens is 1. The molecule has 9 heteroatoms. The lowest BCUT2D eigenvalue weighted by Crippen LogP contribution is -2.22. The van der Waals surface area contributed by atoms with Crippen LogP contribution >= 0.6 is 11.3 Å². The van der Waals surface area contributed by atoms with E-state index in [0.717, 1.165) is 15.3 Å². The van der Waals surface area contributed by atoms with E-state index in [0.29, 0.717) is 5.69 Å². The number of nitriles is 1. The predicted molar refractivity (Wildman–Crippen MR) is 90.7 cm³/mol. The van der Waals surface area contributed by atoms with E-state index in [1.165, 1.54) is 29.7 Å². The van der Waals surface area contributed by atoms with Gasteiger partial charge < -0.3 is 0 Å². The Hall–Kier alpha value is -2.54. The van der Waals surface area contributed by atoms with Crippen molar-refractivity contribution >= 4 is 21.4 Å². The number of thiophene rings is 1. The van der Waals surface area contributed by atoms with Crippen molar-refractivity contribution in [3.05, 3.63) is 42.1 Å². The van der Waals surface area contributed by atoms with Crippen LogP contribution in [0.2, 0.25) is 0 Å². The molecule has 122 valence electrons. The van der Waals surface area contributed by atoms with Gasteiger partial charge in [0.1, 0.15) is 11.8 Å². The summed E-state index contributed by atoms with van der Waals surface area (Å²) in [5.74, 6) is 0. The SMILES string of the molecule is CN(C)S(=O)(=O)c1cccc(-c2ccc(-c3n[nH]nc3C#N)s2)c1. The minimum atomic E-state index is -3.49. The van der Waals surface area contributed by atoms with Gasteiger partial charge in [-0.2, -0.15) is 15.6 Å². The van der Waals surface area contributed by atoms with Crippen LogP contribution in [0.15, 0.2) is 41.3 Å². The number of nitrogens with zero attached hydrogens (tertiary/aromatic N) is 4. The third-order valence-corrected chi connectivity index (χ3v) is 6.34. The maximum atomic E-state index is 12.3. The quantitative estimate of drug-likeness (QED) is 0.770. The van der Waals surface area contributed by atoms with Gasteiger partial charge in [0.2, 0.25) is 10.0 Å². The van der Waals surface area contributed by atoms with Crippen LogP contribution in [-0.2, 0) is 10.0 Å². The summed E-state index contributed by atoms with van der Waals surface area (Å²) in [5, 5.41) is 19.2. The highest BCUT2D eigenvalue weighted by molar-refractivity contribution is 7.89. The summed E-state index contributed by atoms with van der Waals surface area (Å²) in [7, 11) is -0.488. The summed E-state index contributed by atoms with van der Waals surface area (Å²) < 4.78 is 25.7. The summed E-state index contributed by atoms with van der Waals surface area (Å²) in [4.78, 5) is 1.91. The Bertz CT molecular complexity index is 1030. The monoisotopic (exact) mass is 359 g/mol. The fourth-order valence-corrected chi connectivity index (χ4v) is 4.06. The summed E-state index contributed by atoms with van der Waals surface area (Å²) >= 11 is 1.42. The van der Waals surface area contributed by atoms with Gasteiger partial charge >= 0.3 is 0 Å². The number of rotatable bonds is 4. The topological polar surface area (TPSA) is 103 Å². The van der Waals surface area contributed by atoms with Gasteiger partial charge in [0, 0.05) is 19.0 Å². The number of aromatic nitrogens is 3. The molecule has 0 radical (unpaired) electrons. The Kier molecular flexibility index (Phi) is 4.19. The zero-order valence-corrected chi connectivity index (χ0v) is 14.5. The van der Waals surface area contributed by atoms with Crippen molar-refractivity contribution in [1.29, 1.82) is 5.26 Å². The zero-order chi connectivity index (χ0) is 17.3. The second-order valence-electron chi connectivity index (χ2n) is 5.11. The third-order valence-electron chi connectivity index (χ3n) is 3.39. The molecule has 7 nitrogen and oxygen atoms in total. The molecule has 2 heterocycles. The molecule has 3 rings (SSSR count). The molecule has 24 heavy (non-hydrogen) atoms. The van der Waals surface area contributed by atoms with Gasteiger partial charge in [-0.25, -0.2) is 12.7 Å². The fourth-order valence-electron chi connectivity index (χ4n) is 2.12. The maximum absolute atomic E-state index is 12.3. The molecule has 1 aromatic carbocycles. The van der Waals surface area contributed by atoms with Crippen molar-refractivity contribution in [2.75, 3.05) is 14.1 Å². The third kappa shape index (κ3) is 2.82. The molecular weight excluding hydrogens is 346 g/mol. The van der Waals surface area contributed by atoms with Gasteiger partial charge in [-0.05, 0) is 29.8 Å². The summed E-state index contributed by atoms with van der Waals surface area (Å²) in [6, 6.07) is 12.5. The first kappa shape index (κ1) is 16.3. The molecular formula is C15H13N5O2S2. The van der Waals surface area contributed by atoms with E-state index in [-0.39, 0.29) is 10.6 Å². The smallest absolute Gasteiger partial charge is 0.207 e. The highest BCUT2D eigenvalue weighted by Crippen LogP contribution is 2.35. The average Bonchev–Trinajstić information content (AvgIpc) is 3.23. The number of hydrogen-bond acceptors (Lipinski definition) is 6. The summed E-state index contributed by atoms with van der Waals surface area (Å²) in [6.45, 7) is 0. The Morgan fingerprint density at radius 2 is 1.92 bits per heavy atom. The van der Waals surface area contributed by atoms with Crippen LogP contribution in [0.1, 0.15) is 5.69 Å². The van der Waals surface area contributed by atoms with Crippen LogP contribution in [0.3, 0.4) is 0 Å². The summed E-state index contributed by atoms with van der Waals surface area (Å²) in [6.07, 6.45) is 0. The molecule has 0 saturated carbocycles. The minimum Gasteiger partial charge on any atom is -0.207 e. The van der Waals surface area contributed by atoms with Gasteiger partial charge in [-0.1, -0.05) is 12.1 Å². The molecule has 3 aromatic rings. The lowest BCUT2D eigenvalue weighted by molar-refractivity contribution is 0.521. The van der Waals surface area contributed by atoms with E-state index in [1.807, 2.05) is 24.3 Å². The zero-order valence-electron chi connectivity index (χ0n) is 12.9. The van der Waals surface area contributed by atoms with Crippen LogP contribution in [-0.4, -0.2) is 42.2 Å². The normalized spacial score (nSPS) is 11.6. The van der Waals surface area contributed by atoms with Crippen LogP contribution in [0, 0.1) is 11.3 Å². The molecule has 0 saturated heterocycles. The molecule has 0 unspecified atom stereocenters. The Morgan fingerprint density at radius 3 is 2.62 bits per heavy atom. The Morgan fingerprint density at radius 1 is 1.17 bits per heavy atom. The number of nitrogens with one attached hydrogen (secondary N) is 1. The van der Waals surface area contributed by atoms with Gasteiger partial charge in [0.25, 0.3) is 0 Å². The standard InChI is InChI=1S/C15H13N5O2S2/c1-20(2)24(21,22)11-5-3-4-10(8-11)13-6-7-14(23-13)15-12(9-16)17-19-18-15/h3-8H,1-2H3,(H,17,18,19). The predicted octanol–water partition coefficient (Wildman–Crippen LogP) is 2.32. The number of sulfonamides is 1. The van der Waals surface area contributed by atoms with Crippen LogP contribution < -0.4 is 0 Å². The summed E-state index contributed by atoms with van der Waals surface area (Å²) in [5.41, 5.74) is 1.51. The molecule has 1 N–H and O–H groups in total. The fraction of sp³-hybridized carbons (Fsp3) is 0.133. The molecule has 0 bridgehead atoms. The van der Waals surface area contributed by atoms with Crippen molar-refractivity contribution in [1.82, 2.24) is 19.7 Å². The van der Waals surface area contributed by atoms with Crippen LogP contribution in [0.25, 0.3) is 21.0 Å². The van der Waals surface area contributed by atoms with Crippen molar-refractivity contribution < 1.29 is 8.42 Å². The van der Waals surface area contributed by atoms with E-state index in [2.05, 4.69) is 15.4 Å². The van der Waals surface area contributed by atoms with Crippen LogP contribution in [0.4, 0.5) is 0 Å². The molecule has 0 fully saturated rings. The maximum Gasteiger partial charge on any atom is 0.242 e. The first-order valence-corrected chi connectivity index (χ1v) is 9.13. The van der Waals surface area contributed by atoms with E-state index < -0.39 is 10.0 Å². The molecule has 0 aliphatic carbocycles. The highest BCUT2D eigenvalue weighted by atomic mass is 32.2. The molecule has 2 aromatic heterocycles. The van der Waals surface area contributed by atoms with E-state index in [9.17, 15) is 8.42 Å². The number of benzene rings is 1. The van der Waals surface area contributed by atoms with Crippen LogP contribution in [0.5, 0.6) is 0 Å². The number of aromatic amines is 1. The minimum absolute atomic E-state index is 0.229. The molecule has 0 atom stereocenters. The van der Waals surface area contributed by atoms with E-state index in [4.69, 9.17) is 5.26 Å². The van der Waals surface area contributed by atoms with Gasteiger partial charge in [-0.15, -0.1) is 16.4 Å². The van der Waals surface area contributed by atoms with Gasteiger partial charge in [0.05, 0.1) is 9.77 Å². The van der Waals surface area contributed by atoms with Crippen molar-refractivity contribution in [2.24, 2.45) is 0 Å². The lowest BCUT2D eigenvalue weighted by Gasteiger charge is -2.11. The Labute approximate surface area is 143 Å². The molecule has 0 aliphatic heterocycles. The van der Waals surface area contributed by atoms with E-state index in [1.54, 1.807) is 18.2 Å². The first-order valence-electron chi connectivity index (χ1n) is 6.87. The van der Waals surface area contributed by atoms with Gasteiger partial charge in [-0.3, -0.25) is 0 Å². The van der Waals surface area contributed by atoms with Crippen molar-refractivity contribution in [2.45, 2.75) is 4.90 Å². The average molecular weight is 359 g/mol. The first-order chi connectivity index (χ1) is 11.4. The van der Waals surface area contributed by atoms with Crippen molar-refractivity contribution in [3.63, 3.8) is 0 Å². The molecule has 0 aliphatic rings. The largest absolute Gasteiger partial charge is 0.242 e. The Balaban J connectivity index is 2.02. The van der Waals surface area contributed by atoms with Gasteiger partial charge in [0.15, 0.2) is 5.69 Å². The number of hydrogen-bond donors (Lipinski definition) is 1. The highest BCUT2D eigenvalue weighted by Gasteiger charge is 2.18. The lowest BCUT2D eigenvalue weighted by atomic mass is 10.2. The molecule has 0 spiro atoms. The second-order valence-corrected chi connectivity index (χ2v) is 8.35.